The highest BCUT2D eigenvalue weighted by atomic mass is 35.5. The minimum absolute atomic E-state index is 0.309. The second-order valence-corrected chi connectivity index (χ2v) is 2.55. The van der Waals surface area contributed by atoms with E-state index < -0.39 is 10.7 Å². The second kappa shape index (κ2) is 3.57. The fourth-order valence-corrected chi connectivity index (χ4v) is 1.15. The molecule has 0 radical (unpaired) electrons. The molecule has 0 N–H and O–H groups in total. The number of nitro benzene ring substituents is 1. The van der Waals surface area contributed by atoms with Crippen molar-refractivity contribution in [3.05, 3.63) is 33.1 Å². The van der Waals surface area contributed by atoms with Crippen molar-refractivity contribution in [3.8, 4) is 5.75 Å². The van der Waals surface area contributed by atoms with Crippen LogP contribution in [0.3, 0.4) is 0 Å². The molecule has 4 nitrogen and oxygen atoms in total. The highest BCUT2D eigenvalue weighted by Gasteiger charge is 2.19. The van der Waals surface area contributed by atoms with E-state index in [1.807, 2.05) is 0 Å². The molecule has 70 valence electrons. The van der Waals surface area contributed by atoms with E-state index in [9.17, 15) is 14.5 Å². The molecule has 0 fully saturated rings. The predicted octanol–water partition coefficient (Wildman–Crippen LogP) is 2.40. The molecule has 0 atom stereocenters. The molecule has 0 aromatic heterocycles. The summed E-state index contributed by atoms with van der Waals surface area (Å²) in [6, 6.07) is 1.92. The summed E-state index contributed by atoms with van der Waals surface area (Å²) >= 11 is 5.50. The van der Waals surface area contributed by atoms with Gasteiger partial charge in [0.1, 0.15) is 0 Å². The number of halogens is 2. The first kappa shape index (κ1) is 9.73. The van der Waals surface area contributed by atoms with Gasteiger partial charge in [0.2, 0.25) is 0 Å². The van der Waals surface area contributed by atoms with E-state index in [1.54, 1.807) is 0 Å². The summed E-state index contributed by atoms with van der Waals surface area (Å²) in [4.78, 5) is 9.64. The van der Waals surface area contributed by atoms with Crippen LogP contribution in [-0.2, 0) is 0 Å². The molecule has 1 aromatic rings. The number of rotatable bonds is 2. The molecule has 0 aliphatic carbocycles. The Kier molecular flexibility index (Phi) is 2.67. The van der Waals surface area contributed by atoms with Gasteiger partial charge in [0.05, 0.1) is 12.0 Å². The van der Waals surface area contributed by atoms with Crippen molar-refractivity contribution in [2.45, 2.75) is 0 Å². The number of nitrogens with zero attached hydrogens (tertiary/aromatic N) is 1. The Morgan fingerprint density at radius 3 is 2.69 bits per heavy atom. The molecule has 0 saturated carbocycles. The van der Waals surface area contributed by atoms with E-state index >= 15 is 0 Å². The average molecular weight is 206 g/mol. The van der Waals surface area contributed by atoms with E-state index in [-0.39, 0.29) is 16.5 Å². The Morgan fingerprint density at radius 1 is 1.62 bits per heavy atom. The Hall–Kier alpha value is -1.36. The zero-order chi connectivity index (χ0) is 10.0. The molecule has 0 bridgehead atoms. The van der Waals surface area contributed by atoms with Gasteiger partial charge in [-0.3, -0.25) is 10.1 Å². The SMILES string of the molecule is COc1c(F)ccc([N+](=O)[O-])c1Cl. The number of methoxy groups -OCH3 is 1. The van der Waals surface area contributed by atoms with Crippen LogP contribution in [-0.4, -0.2) is 12.0 Å². The zero-order valence-corrected chi connectivity index (χ0v) is 7.34. The van der Waals surface area contributed by atoms with Gasteiger partial charge in [-0.05, 0) is 6.07 Å². The van der Waals surface area contributed by atoms with Crippen molar-refractivity contribution in [1.29, 1.82) is 0 Å². The van der Waals surface area contributed by atoms with E-state index in [0.29, 0.717) is 0 Å². The molecule has 0 saturated heterocycles. The van der Waals surface area contributed by atoms with E-state index in [2.05, 4.69) is 4.74 Å². The van der Waals surface area contributed by atoms with E-state index in [1.165, 1.54) is 7.11 Å². The van der Waals surface area contributed by atoms with Crippen LogP contribution in [0.4, 0.5) is 10.1 Å². The number of benzene rings is 1. The van der Waals surface area contributed by atoms with Gasteiger partial charge < -0.3 is 4.74 Å². The first-order valence-electron chi connectivity index (χ1n) is 3.24. The molecule has 0 spiro atoms. The Morgan fingerprint density at radius 2 is 2.23 bits per heavy atom. The van der Waals surface area contributed by atoms with Gasteiger partial charge in [0, 0.05) is 6.07 Å². The molecule has 0 aliphatic heterocycles. The van der Waals surface area contributed by atoms with Crippen molar-refractivity contribution in [2.24, 2.45) is 0 Å². The average Bonchev–Trinajstić information content (AvgIpc) is 2.04. The first-order valence-corrected chi connectivity index (χ1v) is 3.62. The van der Waals surface area contributed by atoms with Crippen LogP contribution in [0, 0.1) is 15.9 Å². The lowest BCUT2D eigenvalue weighted by Crippen LogP contribution is -1.94. The monoisotopic (exact) mass is 205 g/mol. The zero-order valence-electron chi connectivity index (χ0n) is 6.58. The van der Waals surface area contributed by atoms with Crippen molar-refractivity contribution in [3.63, 3.8) is 0 Å². The normalized spacial score (nSPS) is 9.77. The third kappa shape index (κ3) is 1.70. The summed E-state index contributed by atoms with van der Waals surface area (Å²) in [5.41, 5.74) is -0.375. The van der Waals surface area contributed by atoms with E-state index in [4.69, 9.17) is 11.6 Å². The Labute approximate surface area is 78.0 Å². The van der Waals surface area contributed by atoms with Crippen LogP contribution >= 0.6 is 11.6 Å². The highest BCUT2D eigenvalue weighted by molar-refractivity contribution is 6.34. The van der Waals surface area contributed by atoms with Gasteiger partial charge in [-0.2, -0.15) is 0 Å². The van der Waals surface area contributed by atoms with E-state index in [0.717, 1.165) is 12.1 Å². The lowest BCUT2D eigenvalue weighted by molar-refractivity contribution is -0.384. The van der Waals surface area contributed by atoms with Crippen molar-refractivity contribution < 1.29 is 14.1 Å². The summed E-state index contributed by atoms with van der Waals surface area (Å²) < 4.78 is 17.4. The molecule has 13 heavy (non-hydrogen) atoms. The number of hydrogen-bond donors (Lipinski definition) is 0. The van der Waals surface area contributed by atoms with Crippen molar-refractivity contribution >= 4 is 17.3 Å². The first-order chi connectivity index (χ1) is 6.07. The maximum atomic E-state index is 12.9. The Balaban J connectivity index is 3.35. The smallest absolute Gasteiger partial charge is 0.291 e. The molecular formula is C7H5ClFNO3. The topological polar surface area (TPSA) is 52.4 Å². The molecule has 0 aliphatic rings. The number of hydrogen-bond acceptors (Lipinski definition) is 3. The maximum absolute atomic E-state index is 12.9. The lowest BCUT2D eigenvalue weighted by atomic mass is 10.3. The molecule has 6 heteroatoms. The van der Waals surface area contributed by atoms with Gasteiger partial charge in [-0.25, -0.2) is 4.39 Å². The van der Waals surface area contributed by atoms with Gasteiger partial charge in [0.25, 0.3) is 5.69 Å². The summed E-state index contributed by atoms with van der Waals surface area (Å²) in [7, 11) is 1.19. The maximum Gasteiger partial charge on any atom is 0.291 e. The third-order valence-electron chi connectivity index (χ3n) is 1.43. The van der Waals surface area contributed by atoms with Crippen LogP contribution in [0.2, 0.25) is 5.02 Å². The largest absolute Gasteiger partial charge is 0.492 e. The molecular weight excluding hydrogens is 201 g/mol. The Bertz CT molecular complexity index is 356. The quantitative estimate of drug-likeness (QED) is 0.550. The molecule has 0 amide bonds. The standard InChI is InChI=1S/C7H5ClFNO3/c1-13-7-4(9)2-3-5(6(7)8)10(11)12/h2-3H,1H3. The summed E-state index contributed by atoms with van der Waals surface area (Å²) in [5.74, 6) is -1.03. The fraction of sp³-hybridized carbons (Fsp3) is 0.143. The number of nitro groups is 1. The van der Waals surface area contributed by atoms with Crippen molar-refractivity contribution in [1.82, 2.24) is 0 Å². The van der Waals surface area contributed by atoms with Gasteiger partial charge in [-0.1, -0.05) is 11.6 Å². The van der Waals surface area contributed by atoms with Crippen LogP contribution in [0.5, 0.6) is 5.75 Å². The van der Waals surface area contributed by atoms with Crippen LogP contribution < -0.4 is 4.74 Å². The van der Waals surface area contributed by atoms with Crippen molar-refractivity contribution in [2.75, 3.05) is 7.11 Å². The van der Waals surface area contributed by atoms with Crippen LogP contribution in [0.25, 0.3) is 0 Å². The van der Waals surface area contributed by atoms with Gasteiger partial charge in [0.15, 0.2) is 16.6 Å². The van der Waals surface area contributed by atoms with Gasteiger partial charge >= 0.3 is 0 Å². The summed E-state index contributed by atoms with van der Waals surface area (Å²) in [6.45, 7) is 0. The summed E-state index contributed by atoms with van der Waals surface area (Å²) in [6.07, 6.45) is 0. The molecule has 0 unspecified atom stereocenters. The van der Waals surface area contributed by atoms with Crippen LogP contribution in [0.1, 0.15) is 0 Å². The van der Waals surface area contributed by atoms with Crippen LogP contribution in [0.15, 0.2) is 12.1 Å². The lowest BCUT2D eigenvalue weighted by Gasteiger charge is -2.03. The fourth-order valence-electron chi connectivity index (χ4n) is 0.850. The molecule has 1 rings (SSSR count). The minimum atomic E-state index is -0.724. The highest BCUT2D eigenvalue weighted by Crippen LogP contribution is 2.35. The summed E-state index contributed by atoms with van der Waals surface area (Å²) in [5, 5.41) is 10.0. The molecule has 1 aromatic carbocycles. The number of ether oxygens (including phenoxy) is 1. The third-order valence-corrected chi connectivity index (χ3v) is 1.79. The van der Waals surface area contributed by atoms with Gasteiger partial charge in [-0.15, -0.1) is 0 Å². The second-order valence-electron chi connectivity index (χ2n) is 2.17. The predicted molar refractivity (Wildman–Crippen MR) is 44.6 cm³/mol. The minimum Gasteiger partial charge on any atom is -0.492 e. The molecule has 0 heterocycles.